The molecule has 0 aliphatic heterocycles. The number of hydrogen-bond acceptors (Lipinski definition) is 8. The lowest BCUT2D eigenvalue weighted by Crippen LogP contribution is -2.43. The Labute approximate surface area is 174 Å². The summed E-state index contributed by atoms with van der Waals surface area (Å²) in [5, 5.41) is 15.7. The molecule has 0 spiro atoms. The highest BCUT2D eigenvalue weighted by Crippen LogP contribution is 2.29. The van der Waals surface area contributed by atoms with E-state index >= 15 is 0 Å². The molecule has 10 heteroatoms. The summed E-state index contributed by atoms with van der Waals surface area (Å²) in [4.78, 5) is 9.36. The van der Waals surface area contributed by atoms with Crippen molar-refractivity contribution in [3.05, 3.63) is 23.2 Å². The van der Waals surface area contributed by atoms with Crippen LogP contribution in [0, 0.1) is 0 Å². The normalized spacial score (nSPS) is 19.6. The van der Waals surface area contributed by atoms with Gasteiger partial charge < -0.3 is 22.1 Å². The van der Waals surface area contributed by atoms with E-state index in [1.807, 2.05) is 19.9 Å². The average molecular weight is 416 g/mol. The van der Waals surface area contributed by atoms with Gasteiger partial charge in [0.1, 0.15) is 0 Å². The topological polar surface area (TPSA) is 133 Å². The molecule has 6 N–H and O–H groups in total. The minimum Gasteiger partial charge on any atom is -0.398 e. The van der Waals surface area contributed by atoms with Crippen LogP contribution >= 0.6 is 11.6 Å². The maximum Gasteiger partial charge on any atom is 0.227 e. The number of benzene rings is 1. The van der Waals surface area contributed by atoms with Crippen LogP contribution in [0.2, 0.25) is 5.02 Å². The standard InChI is InChI=1S/C19H26ClN9/c1-10(2)29-18-16(27-28-29)17(23-11-7-8-13(21)12(20)9-11)25-19(26-18)24-15-6-4-3-5-14(15)22/h7-10,14-15H,3-6,21-22H2,1-2H3,(H2,23,24,25,26). The summed E-state index contributed by atoms with van der Waals surface area (Å²) in [5.74, 6) is 1.06. The molecule has 1 fully saturated rings. The number of nitrogen functional groups attached to an aromatic ring is 1. The molecule has 29 heavy (non-hydrogen) atoms. The fourth-order valence-corrected chi connectivity index (χ4v) is 3.76. The number of rotatable bonds is 5. The largest absolute Gasteiger partial charge is 0.398 e. The quantitative estimate of drug-likeness (QED) is 0.465. The van der Waals surface area contributed by atoms with E-state index in [-0.39, 0.29) is 18.1 Å². The van der Waals surface area contributed by atoms with Gasteiger partial charge in [0.05, 0.1) is 16.8 Å². The number of anilines is 4. The smallest absolute Gasteiger partial charge is 0.227 e. The fraction of sp³-hybridized carbons (Fsp3) is 0.474. The predicted octanol–water partition coefficient (Wildman–Crippen LogP) is 3.46. The van der Waals surface area contributed by atoms with Crippen molar-refractivity contribution in [1.29, 1.82) is 0 Å². The number of halogens is 1. The van der Waals surface area contributed by atoms with Crippen molar-refractivity contribution < 1.29 is 0 Å². The van der Waals surface area contributed by atoms with E-state index < -0.39 is 0 Å². The first-order valence-corrected chi connectivity index (χ1v) is 10.3. The van der Waals surface area contributed by atoms with E-state index in [4.69, 9.17) is 28.1 Å². The second kappa shape index (κ2) is 8.00. The first-order valence-electron chi connectivity index (χ1n) is 9.89. The molecule has 154 valence electrons. The van der Waals surface area contributed by atoms with Crippen molar-refractivity contribution in [2.24, 2.45) is 5.73 Å². The van der Waals surface area contributed by atoms with E-state index in [1.165, 1.54) is 0 Å². The number of aromatic nitrogens is 5. The highest BCUT2D eigenvalue weighted by atomic mass is 35.5. The molecule has 2 atom stereocenters. The summed E-state index contributed by atoms with van der Waals surface area (Å²) in [6, 6.07) is 5.67. The summed E-state index contributed by atoms with van der Waals surface area (Å²) in [6.07, 6.45) is 4.31. The zero-order chi connectivity index (χ0) is 20.5. The molecule has 1 aliphatic carbocycles. The predicted molar refractivity (Wildman–Crippen MR) is 117 cm³/mol. The Bertz CT molecular complexity index is 1020. The van der Waals surface area contributed by atoms with Gasteiger partial charge in [-0.3, -0.25) is 0 Å². The number of nitrogens with two attached hydrogens (primary N) is 2. The molecule has 1 aliphatic rings. The minimum atomic E-state index is 0.0866. The van der Waals surface area contributed by atoms with Gasteiger partial charge in [-0.1, -0.05) is 29.7 Å². The maximum absolute atomic E-state index is 6.30. The zero-order valence-electron chi connectivity index (χ0n) is 16.6. The van der Waals surface area contributed by atoms with Crippen LogP contribution in [0.1, 0.15) is 45.6 Å². The number of nitrogens with zero attached hydrogens (tertiary/aromatic N) is 5. The van der Waals surface area contributed by atoms with Crippen LogP contribution in [0.3, 0.4) is 0 Å². The molecule has 3 aromatic rings. The summed E-state index contributed by atoms with van der Waals surface area (Å²) in [5.41, 5.74) is 14.6. The van der Waals surface area contributed by atoms with Crippen molar-refractivity contribution in [1.82, 2.24) is 25.0 Å². The van der Waals surface area contributed by atoms with E-state index in [9.17, 15) is 0 Å². The van der Waals surface area contributed by atoms with Gasteiger partial charge in [0.15, 0.2) is 17.0 Å². The first-order chi connectivity index (χ1) is 13.9. The number of hydrogen-bond donors (Lipinski definition) is 4. The molecule has 0 amide bonds. The molecular formula is C19H26ClN9. The van der Waals surface area contributed by atoms with E-state index in [2.05, 4.69) is 25.9 Å². The van der Waals surface area contributed by atoms with Gasteiger partial charge in [0.25, 0.3) is 0 Å². The summed E-state index contributed by atoms with van der Waals surface area (Å²) in [7, 11) is 0. The van der Waals surface area contributed by atoms with Gasteiger partial charge in [-0.05, 0) is 44.9 Å². The molecule has 1 saturated carbocycles. The van der Waals surface area contributed by atoms with Crippen LogP contribution < -0.4 is 22.1 Å². The number of nitrogens with one attached hydrogen (secondary N) is 2. The van der Waals surface area contributed by atoms with Crippen molar-refractivity contribution in [2.45, 2.75) is 57.7 Å². The molecule has 4 rings (SSSR count). The molecule has 2 unspecified atom stereocenters. The monoisotopic (exact) mass is 415 g/mol. The van der Waals surface area contributed by atoms with Gasteiger partial charge in [0, 0.05) is 17.8 Å². The van der Waals surface area contributed by atoms with E-state index in [0.29, 0.717) is 33.6 Å². The Morgan fingerprint density at radius 1 is 1.21 bits per heavy atom. The first kappa shape index (κ1) is 19.7. The SMILES string of the molecule is CC(C)n1nnc2c(Nc3ccc(N)c(Cl)c3)nc(NC3CCCCC3N)nc21. The molecule has 2 aromatic heterocycles. The minimum absolute atomic E-state index is 0.0866. The van der Waals surface area contributed by atoms with Gasteiger partial charge in [-0.25, -0.2) is 4.68 Å². The van der Waals surface area contributed by atoms with Crippen LogP contribution in [-0.4, -0.2) is 37.0 Å². The van der Waals surface area contributed by atoms with Gasteiger partial charge in [0.2, 0.25) is 5.95 Å². The molecule has 9 nitrogen and oxygen atoms in total. The highest BCUT2D eigenvalue weighted by Gasteiger charge is 2.24. The Morgan fingerprint density at radius 2 is 2.00 bits per heavy atom. The van der Waals surface area contributed by atoms with Crippen LogP contribution in [-0.2, 0) is 0 Å². The number of fused-ring (bicyclic) bond motifs is 1. The molecular weight excluding hydrogens is 390 g/mol. The second-order valence-electron chi connectivity index (χ2n) is 7.76. The third-order valence-electron chi connectivity index (χ3n) is 5.21. The maximum atomic E-state index is 6.30. The zero-order valence-corrected chi connectivity index (χ0v) is 17.3. The average Bonchev–Trinajstić information content (AvgIpc) is 3.11. The molecule has 0 bridgehead atoms. The molecule has 0 radical (unpaired) electrons. The molecule has 0 saturated heterocycles. The Hall–Kier alpha value is -2.65. The third kappa shape index (κ3) is 4.06. The Kier molecular flexibility index (Phi) is 5.42. The lowest BCUT2D eigenvalue weighted by Gasteiger charge is -2.29. The summed E-state index contributed by atoms with van der Waals surface area (Å²) < 4.78 is 1.78. The molecule has 2 heterocycles. The van der Waals surface area contributed by atoms with Crippen molar-refractivity contribution in [2.75, 3.05) is 16.4 Å². The van der Waals surface area contributed by atoms with Crippen LogP contribution in [0.4, 0.5) is 23.1 Å². The third-order valence-corrected chi connectivity index (χ3v) is 5.54. The van der Waals surface area contributed by atoms with Gasteiger partial charge in [-0.2, -0.15) is 9.97 Å². The van der Waals surface area contributed by atoms with Gasteiger partial charge in [-0.15, -0.1) is 5.10 Å². The Balaban J connectivity index is 1.73. The lowest BCUT2D eigenvalue weighted by molar-refractivity contribution is 0.402. The van der Waals surface area contributed by atoms with E-state index in [1.54, 1.807) is 16.8 Å². The second-order valence-corrected chi connectivity index (χ2v) is 8.16. The molecule has 1 aromatic carbocycles. The van der Waals surface area contributed by atoms with Crippen LogP contribution in [0.25, 0.3) is 11.2 Å². The van der Waals surface area contributed by atoms with Gasteiger partial charge >= 0.3 is 0 Å². The van der Waals surface area contributed by atoms with Crippen LogP contribution in [0.5, 0.6) is 0 Å². The fourth-order valence-electron chi connectivity index (χ4n) is 3.58. The van der Waals surface area contributed by atoms with Crippen molar-refractivity contribution >= 4 is 45.9 Å². The highest BCUT2D eigenvalue weighted by molar-refractivity contribution is 6.33. The Morgan fingerprint density at radius 3 is 2.72 bits per heavy atom. The summed E-state index contributed by atoms with van der Waals surface area (Å²) >= 11 is 6.16. The van der Waals surface area contributed by atoms with Crippen molar-refractivity contribution in [3.8, 4) is 0 Å². The van der Waals surface area contributed by atoms with Crippen molar-refractivity contribution in [3.63, 3.8) is 0 Å². The van der Waals surface area contributed by atoms with Crippen LogP contribution in [0.15, 0.2) is 18.2 Å². The lowest BCUT2D eigenvalue weighted by atomic mass is 9.91. The van der Waals surface area contributed by atoms with E-state index in [0.717, 1.165) is 31.4 Å². The summed E-state index contributed by atoms with van der Waals surface area (Å²) in [6.45, 7) is 4.07.